The lowest BCUT2D eigenvalue weighted by atomic mass is 9.82. The molecule has 1 aromatic rings. The van der Waals surface area contributed by atoms with Gasteiger partial charge in [-0.25, -0.2) is 0 Å². The largest absolute Gasteiger partial charge is 0.455 e. The Morgan fingerprint density at radius 2 is 1.45 bits per heavy atom. The molecule has 0 fully saturated rings. The topological polar surface area (TPSA) is 0 Å². The zero-order valence-corrected chi connectivity index (χ0v) is 12.1. The van der Waals surface area contributed by atoms with Crippen LogP contribution in [0.5, 0.6) is 0 Å². The molecule has 114 valence electrons. The smallest absolute Gasteiger partial charge is 0.194 e. The van der Waals surface area contributed by atoms with E-state index >= 15 is 0 Å². The van der Waals surface area contributed by atoms with Crippen molar-refractivity contribution in [2.24, 2.45) is 0 Å². The first-order valence-corrected chi connectivity index (χ1v) is 6.56. The first-order valence-electron chi connectivity index (χ1n) is 6.12. The lowest BCUT2D eigenvalue weighted by Gasteiger charge is -2.26. The first kappa shape index (κ1) is 17.2. The Hall–Kier alpha value is -0.840. The maximum atomic E-state index is 13.2. The lowest BCUT2D eigenvalue weighted by Crippen LogP contribution is -2.40. The van der Waals surface area contributed by atoms with E-state index in [1.165, 1.54) is 12.1 Å². The van der Waals surface area contributed by atoms with E-state index < -0.39 is 17.5 Å². The maximum Gasteiger partial charge on any atom is 0.455 e. The number of hydrogen-bond donors (Lipinski definition) is 0. The molecule has 20 heavy (non-hydrogen) atoms. The third-order valence-electron chi connectivity index (χ3n) is 3.56. The molecule has 0 heterocycles. The van der Waals surface area contributed by atoms with Crippen molar-refractivity contribution in [3.63, 3.8) is 0 Å². The van der Waals surface area contributed by atoms with Crippen LogP contribution in [-0.2, 0) is 5.41 Å². The van der Waals surface area contributed by atoms with Gasteiger partial charge in [0.2, 0.25) is 0 Å². The van der Waals surface area contributed by atoms with Gasteiger partial charge in [0.15, 0.2) is 0 Å². The van der Waals surface area contributed by atoms with Crippen LogP contribution in [0.15, 0.2) is 24.3 Å². The molecule has 0 aliphatic heterocycles. The fraction of sp³-hybridized carbons (Fsp3) is 0.571. The van der Waals surface area contributed by atoms with Crippen LogP contribution >= 0.6 is 11.6 Å². The van der Waals surface area contributed by atoms with Crippen molar-refractivity contribution >= 4 is 11.6 Å². The van der Waals surface area contributed by atoms with E-state index in [0.717, 1.165) is 12.0 Å². The van der Waals surface area contributed by atoms with Gasteiger partial charge in [-0.15, -0.1) is 11.6 Å². The molecular weight excluding hydrogens is 299 g/mol. The van der Waals surface area contributed by atoms with Crippen LogP contribution in [-0.4, -0.2) is 12.1 Å². The monoisotopic (exact) mass is 314 g/mol. The van der Waals surface area contributed by atoms with Gasteiger partial charge in [0.05, 0.1) is 0 Å². The Morgan fingerprint density at radius 1 is 1.00 bits per heavy atom. The Balaban J connectivity index is 3.06. The highest BCUT2D eigenvalue weighted by Crippen LogP contribution is 2.48. The third kappa shape index (κ3) is 3.25. The predicted molar refractivity (Wildman–Crippen MR) is 69.4 cm³/mol. The number of alkyl halides is 6. The van der Waals surface area contributed by atoms with E-state index in [9.17, 15) is 22.0 Å². The number of hydrogen-bond acceptors (Lipinski definition) is 0. The summed E-state index contributed by atoms with van der Waals surface area (Å²) in [5.41, 5.74) is 0.444. The summed E-state index contributed by atoms with van der Waals surface area (Å²) < 4.78 is 63.1. The first-order chi connectivity index (χ1) is 8.93. The highest BCUT2D eigenvalue weighted by atomic mass is 35.5. The Kier molecular flexibility index (Phi) is 4.74. The molecule has 1 unspecified atom stereocenters. The highest BCUT2D eigenvalue weighted by molar-refractivity contribution is 6.21. The average Bonchev–Trinajstić information content (AvgIpc) is 2.36. The normalized spacial score (nSPS) is 15.2. The van der Waals surface area contributed by atoms with E-state index in [1.807, 2.05) is 20.8 Å². The minimum atomic E-state index is -5.67. The summed E-state index contributed by atoms with van der Waals surface area (Å²) in [5, 5.41) is -2.43. The fourth-order valence-corrected chi connectivity index (χ4v) is 1.93. The van der Waals surface area contributed by atoms with Crippen LogP contribution in [0.4, 0.5) is 22.0 Å². The van der Waals surface area contributed by atoms with Crippen LogP contribution < -0.4 is 0 Å². The van der Waals surface area contributed by atoms with Gasteiger partial charge in [0.1, 0.15) is 5.38 Å². The fourth-order valence-electron chi connectivity index (χ4n) is 1.66. The molecule has 0 aliphatic rings. The molecule has 0 nitrogen and oxygen atoms in total. The van der Waals surface area contributed by atoms with Crippen molar-refractivity contribution in [2.45, 2.75) is 50.1 Å². The van der Waals surface area contributed by atoms with Gasteiger partial charge < -0.3 is 0 Å². The minimum Gasteiger partial charge on any atom is -0.194 e. The van der Waals surface area contributed by atoms with Gasteiger partial charge in [0, 0.05) is 0 Å². The molecule has 0 N–H and O–H groups in total. The summed E-state index contributed by atoms with van der Waals surface area (Å²) in [5.74, 6) is -4.96. The number of rotatable bonds is 4. The van der Waals surface area contributed by atoms with Gasteiger partial charge in [-0.1, -0.05) is 45.0 Å². The molecule has 0 aromatic heterocycles. The summed E-state index contributed by atoms with van der Waals surface area (Å²) >= 11 is 5.31. The van der Waals surface area contributed by atoms with Crippen molar-refractivity contribution < 1.29 is 22.0 Å². The Bertz CT molecular complexity index is 448. The van der Waals surface area contributed by atoms with Crippen LogP contribution in [0.3, 0.4) is 0 Å². The second-order valence-corrected chi connectivity index (χ2v) is 5.78. The molecule has 1 aromatic carbocycles. The zero-order chi connectivity index (χ0) is 15.8. The second-order valence-electron chi connectivity index (χ2n) is 5.34. The number of benzene rings is 1. The molecule has 0 amide bonds. The van der Waals surface area contributed by atoms with E-state index in [0.29, 0.717) is 0 Å². The van der Waals surface area contributed by atoms with Gasteiger partial charge in [-0.05, 0) is 23.0 Å². The summed E-state index contributed by atoms with van der Waals surface area (Å²) in [4.78, 5) is 0. The Labute approximate surface area is 119 Å². The van der Waals surface area contributed by atoms with Gasteiger partial charge in [-0.3, -0.25) is 0 Å². The van der Waals surface area contributed by atoms with Gasteiger partial charge >= 0.3 is 12.1 Å². The zero-order valence-electron chi connectivity index (χ0n) is 11.4. The molecule has 0 saturated heterocycles. The molecule has 0 spiro atoms. The summed E-state index contributed by atoms with van der Waals surface area (Å²) in [6.45, 7) is 5.89. The van der Waals surface area contributed by atoms with Gasteiger partial charge in [0.25, 0.3) is 0 Å². The van der Waals surface area contributed by atoms with Crippen LogP contribution in [0.2, 0.25) is 0 Å². The standard InChI is InChI=1S/C14H16ClF5/c1-4-12(2,3)10-7-5-9(6-8-10)11(15)13(16,17)14(18,19)20/h5-8,11H,4H2,1-3H3. The summed E-state index contributed by atoms with van der Waals surface area (Å²) in [6, 6.07) is 5.54. The molecule has 0 bridgehead atoms. The summed E-state index contributed by atoms with van der Waals surface area (Å²) in [7, 11) is 0. The van der Waals surface area contributed by atoms with Crippen LogP contribution in [0.25, 0.3) is 0 Å². The highest BCUT2D eigenvalue weighted by Gasteiger charge is 2.62. The van der Waals surface area contributed by atoms with E-state index in [4.69, 9.17) is 11.6 Å². The lowest BCUT2D eigenvalue weighted by molar-refractivity contribution is -0.283. The molecule has 0 saturated carbocycles. The minimum absolute atomic E-state index is 0.174. The number of halogens is 6. The molecular formula is C14H16ClF5. The van der Waals surface area contributed by atoms with Crippen molar-refractivity contribution in [2.75, 3.05) is 0 Å². The molecule has 1 rings (SSSR count). The predicted octanol–water partition coefficient (Wildman–Crippen LogP) is 5.85. The quantitative estimate of drug-likeness (QED) is 0.483. The molecule has 0 aliphatic carbocycles. The molecule has 0 radical (unpaired) electrons. The molecule has 1 atom stereocenters. The van der Waals surface area contributed by atoms with E-state index in [1.54, 1.807) is 12.1 Å². The second kappa shape index (κ2) is 5.51. The average molecular weight is 315 g/mol. The van der Waals surface area contributed by atoms with Crippen LogP contribution in [0.1, 0.15) is 43.7 Å². The maximum absolute atomic E-state index is 13.2. The Morgan fingerprint density at radius 3 is 1.80 bits per heavy atom. The summed E-state index contributed by atoms with van der Waals surface area (Å²) in [6.07, 6.45) is -4.85. The third-order valence-corrected chi connectivity index (χ3v) is 4.09. The van der Waals surface area contributed by atoms with Crippen LogP contribution in [0, 0.1) is 0 Å². The van der Waals surface area contributed by atoms with Crippen molar-refractivity contribution in [1.29, 1.82) is 0 Å². The SMILES string of the molecule is CCC(C)(C)c1ccc(C(Cl)C(F)(F)C(F)(F)F)cc1. The van der Waals surface area contributed by atoms with E-state index in [-0.39, 0.29) is 11.0 Å². The van der Waals surface area contributed by atoms with Crippen molar-refractivity contribution in [3.8, 4) is 0 Å². The molecule has 6 heteroatoms. The van der Waals surface area contributed by atoms with Crippen molar-refractivity contribution in [3.05, 3.63) is 35.4 Å². The van der Waals surface area contributed by atoms with Crippen molar-refractivity contribution in [1.82, 2.24) is 0 Å². The van der Waals surface area contributed by atoms with E-state index in [2.05, 4.69) is 0 Å². The van der Waals surface area contributed by atoms with Gasteiger partial charge in [-0.2, -0.15) is 22.0 Å².